The predicted molar refractivity (Wildman–Crippen MR) is 109 cm³/mol. The number of hydrogen-bond donors (Lipinski definition) is 0. The molecule has 0 bridgehead atoms. The van der Waals surface area contributed by atoms with E-state index in [-0.39, 0.29) is 33.1 Å². The molecule has 5 rings (SSSR count). The highest BCUT2D eigenvalue weighted by molar-refractivity contribution is 6.42. The summed E-state index contributed by atoms with van der Waals surface area (Å²) in [6.07, 6.45) is 0. The quantitative estimate of drug-likeness (QED) is 0.420. The standard InChI is InChI=1S/C21H11Cl2FN2O4/c1-9-6-16(25-30-9)26-18(10-2-4-13(22)14(23)7-10)17-19(27)12-8-11(24)3-5-15(12)29-20(17)21(26)28/h2-8,18H,1H3. The van der Waals surface area contributed by atoms with Crippen LogP contribution in [0.3, 0.4) is 0 Å². The van der Waals surface area contributed by atoms with E-state index in [9.17, 15) is 14.0 Å². The van der Waals surface area contributed by atoms with Crippen LogP contribution in [0.2, 0.25) is 10.0 Å². The van der Waals surface area contributed by atoms with Crippen molar-refractivity contribution in [1.29, 1.82) is 0 Å². The van der Waals surface area contributed by atoms with Crippen LogP contribution in [-0.4, -0.2) is 11.1 Å². The third-order valence-corrected chi connectivity index (χ3v) is 5.69. The maximum atomic E-state index is 13.8. The molecule has 1 unspecified atom stereocenters. The number of fused-ring (bicyclic) bond motifs is 2. The van der Waals surface area contributed by atoms with Gasteiger partial charge in [0.1, 0.15) is 17.2 Å². The second-order valence-corrected chi connectivity index (χ2v) is 7.68. The molecule has 2 aromatic heterocycles. The van der Waals surface area contributed by atoms with Crippen LogP contribution in [0.5, 0.6) is 0 Å². The first-order valence-corrected chi connectivity index (χ1v) is 9.59. The predicted octanol–water partition coefficient (Wildman–Crippen LogP) is 5.29. The van der Waals surface area contributed by atoms with Gasteiger partial charge in [-0.25, -0.2) is 4.39 Å². The van der Waals surface area contributed by atoms with Crippen molar-refractivity contribution >= 4 is 45.9 Å². The molecule has 2 aromatic carbocycles. The van der Waals surface area contributed by atoms with Gasteiger partial charge in [-0.05, 0) is 42.8 Å². The van der Waals surface area contributed by atoms with Crippen LogP contribution in [0.4, 0.5) is 10.2 Å². The summed E-state index contributed by atoms with van der Waals surface area (Å²) in [5, 5.41) is 4.53. The molecule has 4 aromatic rings. The van der Waals surface area contributed by atoms with Gasteiger partial charge in [-0.3, -0.25) is 14.5 Å². The Morgan fingerprint density at radius 3 is 2.57 bits per heavy atom. The van der Waals surface area contributed by atoms with E-state index in [1.807, 2.05) is 0 Å². The van der Waals surface area contributed by atoms with Gasteiger partial charge in [-0.15, -0.1) is 0 Å². The molecular weight excluding hydrogens is 434 g/mol. The van der Waals surface area contributed by atoms with Crippen LogP contribution in [-0.2, 0) is 0 Å². The summed E-state index contributed by atoms with van der Waals surface area (Å²) in [6.45, 7) is 1.68. The van der Waals surface area contributed by atoms with Crippen molar-refractivity contribution in [2.24, 2.45) is 0 Å². The second-order valence-electron chi connectivity index (χ2n) is 6.86. The lowest BCUT2D eigenvalue weighted by Gasteiger charge is -2.22. The lowest BCUT2D eigenvalue weighted by molar-refractivity contribution is 0.0969. The summed E-state index contributed by atoms with van der Waals surface area (Å²) < 4.78 is 24.7. The fourth-order valence-electron chi connectivity index (χ4n) is 3.65. The Morgan fingerprint density at radius 1 is 1.07 bits per heavy atom. The van der Waals surface area contributed by atoms with Crippen molar-refractivity contribution in [2.45, 2.75) is 13.0 Å². The normalized spacial score (nSPS) is 15.8. The molecule has 1 aliphatic rings. The van der Waals surface area contributed by atoms with E-state index >= 15 is 0 Å². The van der Waals surface area contributed by atoms with E-state index < -0.39 is 23.2 Å². The number of rotatable bonds is 2. The Labute approximate surface area is 178 Å². The van der Waals surface area contributed by atoms with Crippen molar-refractivity contribution in [2.75, 3.05) is 4.90 Å². The molecule has 3 heterocycles. The summed E-state index contributed by atoms with van der Waals surface area (Å²) in [4.78, 5) is 27.9. The summed E-state index contributed by atoms with van der Waals surface area (Å²) in [7, 11) is 0. The fraction of sp³-hybridized carbons (Fsp3) is 0.0952. The van der Waals surface area contributed by atoms with E-state index in [4.69, 9.17) is 32.1 Å². The molecule has 9 heteroatoms. The van der Waals surface area contributed by atoms with Crippen molar-refractivity contribution in [1.82, 2.24) is 5.16 Å². The molecule has 1 aliphatic heterocycles. The molecule has 0 fully saturated rings. The van der Waals surface area contributed by atoms with Crippen LogP contribution in [0.15, 0.2) is 56.2 Å². The number of aromatic nitrogens is 1. The molecule has 0 aliphatic carbocycles. The molecule has 0 saturated heterocycles. The lowest BCUT2D eigenvalue weighted by atomic mass is 9.98. The number of halogens is 3. The number of anilines is 1. The van der Waals surface area contributed by atoms with Crippen LogP contribution in [0, 0.1) is 12.7 Å². The maximum absolute atomic E-state index is 13.8. The number of nitrogens with zero attached hydrogens (tertiary/aromatic N) is 2. The Hall–Kier alpha value is -3.16. The number of carbonyl (C=O) groups is 1. The minimum absolute atomic E-state index is 0.0322. The number of carbonyl (C=O) groups excluding carboxylic acids is 1. The zero-order chi connectivity index (χ0) is 21.2. The SMILES string of the molecule is Cc1cc(N2C(=O)c3oc4ccc(F)cc4c(=O)c3C2c2ccc(Cl)c(Cl)c2)no1. The average molecular weight is 445 g/mol. The van der Waals surface area contributed by atoms with Crippen molar-refractivity contribution in [3.8, 4) is 0 Å². The van der Waals surface area contributed by atoms with E-state index in [0.717, 1.165) is 12.1 Å². The third-order valence-electron chi connectivity index (χ3n) is 4.95. The van der Waals surface area contributed by atoms with Crippen LogP contribution in [0.25, 0.3) is 11.0 Å². The largest absolute Gasteiger partial charge is 0.450 e. The van der Waals surface area contributed by atoms with Gasteiger partial charge in [0.05, 0.1) is 27.0 Å². The lowest BCUT2D eigenvalue weighted by Crippen LogP contribution is -2.29. The average Bonchev–Trinajstić information content (AvgIpc) is 3.26. The summed E-state index contributed by atoms with van der Waals surface area (Å²) in [5.74, 6) is -0.620. The first-order chi connectivity index (χ1) is 14.3. The first kappa shape index (κ1) is 18.8. The van der Waals surface area contributed by atoms with E-state index in [2.05, 4.69) is 5.16 Å². The van der Waals surface area contributed by atoms with Crippen LogP contribution >= 0.6 is 23.2 Å². The molecule has 0 spiro atoms. The van der Waals surface area contributed by atoms with Gasteiger partial charge < -0.3 is 8.94 Å². The molecule has 0 radical (unpaired) electrons. The Balaban J connectivity index is 1.84. The molecular formula is C21H11Cl2FN2O4. The number of benzene rings is 2. The monoisotopic (exact) mass is 444 g/mol. The first-order valence-electron chi connectivity index (χ1n) is 8.83. The number of amides is 1. The third kappa shape index (κ3) is 2.74. The Bertz CT molecular complexity index is 1410. The summed E-state index contributed by atoms with van der Waals surface area (Å²) in [6, 6.07) is 9.00. The van der Waals surface area contributed by atoms with Gasteiger partial charge in [0.2, 0.25) is 5.76 Å². The topological polar surface area (TPSA) is 76.6 Å². The molecule has 0 N–H and O–H groups in total. The summed E-state index contributed by atoms with van der Waals surface area (Å²) in [5.41, 5.74) is 0.176. The zero-order valence-corrected chi connectivity index (χ0v) is 16.8. The van der Waals surface area contributed by atoms with Crippen molar-refractivity contribution < 1.29 is 18.1 Å². The van der Waals surface area contributed by atoms with Gasteiger partial charge in [-0.1, -0.05) is 34.4 Å². The van der Waals surface area contributed by atoms with Gasteiger partial charge in [0.25, 0.3) is 5.91 Å². The van der Waals surface area contributed by atoms with Gasteiger partial charge in [0, 0.05) is 6.07 Å². The molecule has 30 heavy (non-hydrogen) atoms. The van der Waals surface area contributed by atoms with Crippen LogP contribution in [0.1, 0.15) is 33.5 Å². The molecule has 150 valence electrons. The number of aryl methyl sites for hydroxylation is 1. The van der Waals surface area contributed by atoms with Crippen molar-refractivity contribution in [3.05, 3.63) is 91.2 Å². The zero-order valence-electron chi connectivity index (χ0n) is 15.3. The van der Waals surface area contributed by atoms with Crippen LogP contribution < -0.4 is 10.3 Å². The Kier molecular flexibility index (Phi) is 4.20. The van der Waals surface area contributed by atoms with Gasteiger partial charge in [-0.2, -0.15) is 0 Å². The number of hydrogen-bond acceptors (Lipinski definition) is 5. The van der Waals surface area contributed by atoms with Gasteiger partial charge >= 0.3 is 0 Å². The van der Waals surface area contributed by atoms with E-state index in [0.29, 0.717) is 16.3 Å². The highest BCUT2D eigenvalue weighted by Crippen LogP contribution is 2.42. The minimum atomic E-state index is -0.907. The minimum Gasteiger partial charge on any atom is -0.450 e. The van der Waals surface area contributed by atoms with E-state index in [1.165, 1.54) is 11.0 Å². The molecule has 6 nitrogen and oxygen atoms in total. The van der Waals surface area contributed by atoms with Gasteiger partial charge in [0.15, 0.2) is 11.2 Å². The van der Waals surface area contributed by atoms with Crippen molar-refractivity contribution in [3.63, 3.8) is 0 Å². The highest BCUT2D eigenvalue weighted by atomic mass is 35.5. The van der Waals surface area contributed by atoms with E-state index in [1.54, 1.807) is 31.2 Å². The summed E-state index contributed by atoms with van der Waals surface area (Å²) >= 11 is 12.2. The fourth-order valence-corrected chi connectivity index (χ4v) is 3.95. The smallest absolute Gasteiger partial charge is 0.296 e. The Morgan fingerprint density at radius 2 is 1.87 bits per heavy atom. The molecule has 1 amide bonds. The molecule has 0 saturated carbocycles. The highest BCUT2D eigenvalue weighted by Gasteiger charge is 2.45. The maximum Gasteiger partial charge on any atom is 0.296 e. The molecule has 1 atom stereocenters. The second kappa shape index (κ2) is 6.68.